The van der Waals surface area contributed by atoms with Crippen molar-refractivity contribution in [2.45, 2.75) is 45.1 Å². The van der Waals surface area contributed by atoms with Crippen LogP contribution in [-0.4, -0.2) is 42.8 Å². The van der Waals surface area contributed by atoms with Crippen LogP contribution < -0.4 is 20.7 Å². The predicted octanol–water partition coefficient (Wildman–Crippen LogP) is 4.29. The van der Waals surface area contributed by atoms with Crippen molar-refractivity contribution >= 4 is 34.8 Å². The Hall–Kier alpha value is -2.97. The third-order valence-electron chi connectivity index (χ3n) is 5.39. The number of hydrogen-bond acceptors (Lipinski definition) is 5. The van der Waals surface area contributed by atoms with Gasteiger partial charge in [-0.1, -0.05) is 31.4 Å². The molecule has 0 spiro atoms. The summed E-state index contributed by atoms with van der Waals surface area (Å²) in [6, 6.07) is 14.2. The van der Waals surface area contributed by atoms with Crippen LogP contribution in [0.1, 0.15) is 59.7 Å². The number of benzene rings is 2. The van der Waals surface area contributed by atoms with Gasteiger partial charge in [0.25, 0.3) is 11.8 Å². The van der Waals surface area contributed by atoms with Crippen LogP contribution in [0.15, 0.2) is 48.5 Å². The monoisotopic (exact) mass is 469 g/mol. The van der Waals surface area contributed by atoms with Crippen LogP contribution in [0.2, 0.25) is 0 Å². The Bertz CT molecular complexity index is 943. The third kappa shape index (κ3) is 7.83. The van der Waals surface area contributed by atoms with Gasteiger partial charge in [0.15, 0.2) is 5.11 Å². The summed E-state index contributed by atoms with van der Waals surface area (Å²) in [6.07, 6.45) is 5.66. The summed E-state index contributed by atoms with van der Waals surface area (Å²) in [5.41, 5.74) is 1.66. The number of carbonyl (C=O) groups excluding carboxylic acids is 2. The van der Waals surface area contributed by atoms with Crippen molar-refractivity contribution in [2.24, 2.45) is 0 Å². The van der Waals surface area contributed by atoms with E-state index >= 15 is 0 Å². The summed E-state index contributed by atoms with van der Waals surface area (Å²) in [6.45, 7) is 3.31. The minimum absolute atomic E-state index is 0.0646. The molecule has 0 heterocycles. The van der Waals surface area contributed by atoms with Crippen molar-refractivity contribution in [1.82, 2.24) is 10.6 Å². The van der Waals surface area contributed by atoms with Crippen molar-refractivity contribution in [3.8, 4) is 5.75 Å². The highest BCUT2D eigenvalue weighted by Crippen LogP contribution is 2.19. The number of anilines is 1. The molecule has 0 radical (unpaired) electrons. The number of ether oxygens (including phenoxy) is 2. The molecular formula is C25H31N3O4S. The van der Waals surface area contributed by atoms with Crippen LogP contribution in [0.25, 0.3) is 0 Å². The molecule has 1 fully saturated rings. The van der Waals surface area contributed by atoms with Crippen molar-refractivity contribution in [2.75, 3.05) is 25.1 Å². The van der Waals surface area contributed by atoms with Gasteiger partial charge in [-0.25, -0.2) is 0 Å². The molecule has 2 aromatic rings. The molecule has 7 nitrogen and oxygen atoms in total. The van der Waals surface area contributed by atoms with Gasteiger partial charge in [-0.3, -0.25) is 14.9 Å². The Kier molecular flexibility index (Phi) is 9.65. The Morgan fingerprint density at radius 3 is 2.42 bits per heavy atom. The van der Waals surface area contributed by atoms with Gasteiger partial charge in [0.05, 0.1) is 12.2 Å². The van der Waals surface area contributed by atoms with E-state index in [9.17, 15) is 9.59 Å². The van der Waals surface area contributed by atoms with E-state index in [-0.39, 0.29) is 23.0 Å². The molecule has 2 amide bonds. The molecule has 1 saturated carbocycles. The second-order valence-electron chi connectivity index (χ2n) is 7.84. The largest absolute Gasteiger partial charge is 0.490 e. The molecular weight excluding hydrogens is 438 g/mol. The molecule has 3 rings (SSSR count). The van der Waals surface area contributed by atoms with E-state index in [1.165, 1.54) is 19.3 Å². The van der Waals surface area contributed by atoms with Crippen LogP contribution in [0.3, 0.4) is 0 Å². The first-order chi connectivity index (χ1) is 16.1. The highest BCUT2D eigenvalue weighted by atomic mass is 32.1. The van der Waals surface area contributed by atoms with E-state index in [1.54, 1.807) is 48.5 Å². The molecule has 3 N–H and O–H groups in total. The van der Waals surface area contributed by atoms with Crippen molar-refractivity contribution < 1.29 is 19.1 Å². The Morgan fingerprint density at radius 1 is 0.970 bits per heavy atom. The van der Waals surface area contributed by atoms with E-state index in [2.05, 4.69) is 16.0 Å². The van der Waals surface area contributed by atoms with Crippen LogP contribution in [0, 0.1) is 0 Å². The standard InChI is InChI=1S/C25H31N3O4S/c1-2-31-16-17-32-22-11-7-6-10-21(22)24(30)28-25(33)27-20-14-12-18(13-15-20)23(29)26-19-8-4-3-5-9-19/h6-7,10-15,19H,2-5,8-9,16-17H2,1H3,(H,26,29)(H2,27,28,30,33). The van der Waals surface area contributed by atoms with Gasteiger partial charge in [-0.2, -0.15) is 0 Å². The van der Waals surface area contributed by atoms with Crippen LogP contribution in [0.4, 0.5) is 5.69 Å². The zero-order valence-corrected chi connectivity index (χ0v) is 19.7. The van der Waals surface area contributed by atoms with Crippen molar-refractivity contribution in [3.05, 3.63) is 59.7 Å². The minimum Gasteiger partial charge on any atom is -0.490 e. The first-order valence-corrected chi connectivity index (χ1v) is 11.8. The number of carbonyl (C=O) groups is 2. The van der Waals surface area contributed by atoms with Gasteiger partial charge in [0, 0.05) is 23.9 Å². The number of thiocarbonyl (C=S) groups is 1. The molecule has 0 bridgehead atoms. The lowest BCUT2D eigenvalue weighted by Crippen LogP contribution is -2.36. The molecule has 1 aliphatic carbocycles. The summed E-state index contributed by atoms with van der Waals surface area (Å²) < 4.78 is 10.9. The first kappa shape index (κ1) is 24.7. The lowest BCUT2D eigenvalue weighted by atomic mass is 9.95. The van der Waals surface area contributed by atoms with E-state index in [0.29, 0.717) is 42.4 Å². The maximum absolute atomic E-state index is 12.7. The van der Waals surface area contributed by atoms with Crippen LogP contribution in [-0.2, 0) is 4.74 Å². The van der Waals surface area contributed by atoms with Gasteiger partial charge in [0.2, 0.25) is 0 Å². The lowest BCUT2D eigenvalue weighted by Gasteiger charge is -2.22. The van der Waals surface area contributed by atoms with Crippen LogP contribution in [0.5, 0.6) is 5.75 Å². The molecule has 0 unspecified atom stereocenters. The van der Waals surface area contributed by atoms with Crippen molar-refractivity contribution in [3.63, 3.8) is 0 Å². The first-order valence-electron chi connectivity index (χ1n) is 11.4. The van der Waals surface area contributed by atoms with Gasteiger partial charge in [-0.15, -0.1) is 0 Å². The van der Waals surface area contributed by atoms with E-state index in [1.807, 2.05) is 6.92 Å². The number of nitrogens with one attached hydrogen (secondary N) is 3. The molecule has 0 atom stereocenters. The smallest absolute Gasteiger partial charge is 0.261 e. The van der Waals surface area contributed by atoms with Gasteiger partial charge in [0.1, 0.15) is 12.4 Å². The Labute approximate surface area is 200 Å². The van der Waals surface area contributed by atoms with Gasteiger partial charge < -0.3 is 20.1 Å². The molecule has 176 valence electrons. The molecule has 1 aliphatic rings. The molecule has 0 saturated heterocycles. The number of amides is 2. The molecule has 33 heavy (non-hydrogen) atoms. The predicted molar refractivity (Wildman–Crippen MR) is 133 cm³/mol. The summed E-state index contributed by atoms with van der Waals surface area (Å²) in [4.78, 5) is 25.1. The fourth-order valence-corrected chi connectivity index (χ4v) is 3.90. The Balaban J connectivity index is 1.51. The second kappa shape index (κ2) is 12.9. The molecule has 2 aromatic carbocycles. The zero-order chi connectivity index (χ0) is 23.5. The fraction of sp³-hybridized carbons (Fsp3) is 0.400. The normalized spacial score (nSPS) is 13.7. The lowest BCUT2D eigenvalue weighted by molar-refractivity contribution is 0.0926. The fourth-order valence-electron chi connectivity index (χ4n) is 3.69. The maximum atomic E-state index is 12.7. The molecule has 0 aliphatic heterocycles. The zero-order valence-electron chi connectivity index (χ0n) is 18.9. The quantitative estimate of drug-likeness (QED) is 0.375. The van der Waals surface area contributed by atoms with Crippen molar-refractivity contribution in [1.29, 1.82) is 0 Å². The van der Waals surface area contributed by atoms with E-state index in [4.69, 9.17) is 21.7 Å². The summed E-state index contributed by atoms with van der Waals surface area (Å²) in [5, 5.41) is 8.91. The third-order valence-corrected chi connectivity index (χ3v) is 5.60. The summed E-state index contributed by atoms with van der Waals surface area (Å²) >= 11 is 5.29. The molecule has 8 heteroatoms. The SMILES string of the molecule is CCOCCOc1ccccc1C(=O)NC(=S)Nc1ccc(C(=O)NC2CCCCC2)cc1. The second-order valence-corrected chi connectivity index (χ2v) is 8.24. The summed E-state index contributed by atoms with van der Waals surface area (Å²) in [7, 11) is 0. The topological polar surface area (TPSA) is 88.7 Å². The highest BCUT2D eigenvalue weighted by molar-refractivity contribution is 7.80. The number of hydrogen-bond donors (Lipinski definition) is 3. The number of para-hydroxylation sites is 1. The average molecular weight is 470 g/mol. The minimum atomic E-state index is -0.372. The van der Waals surface area contributed by atoms with Gasteiger partial charge in [-0.05, 0) is 68.4 Å². The average Bonchev–Trinajstić information content (AvgIpc) is 2.83. The maximum Gasteiger partial charge on any atom is 0.261 e. The molecule has 0 aromatic heterocycles. The number of rotatable bonds is 9. The van der Waals surface area contributed by atoms with Crippen LogP contribution >= 0.6 is 12.2 Å². The van der Waals surface area contributed by atoms with E-state index < -0.39 is 0 Å². The van der Waals surface area contributed by atoms with E-state index in [0.717, 1.165) is 12.8 Å². The Morgan fingerprint density at radius 2 is 1.70 bits per heavy atom. The summed E-state index contributed by atoms with van der Waals surface area (Å²) in [5.74, 6) is 0.0269. The highest BCUT2D eigenvalue weighted by Gasteiger charge is 2.17. The van der Waals surface area contributed by atoms with Gasteiger partial charge >= 0.3 is 0 Å².